The maximum absolute atomic E-state index is 13.3. The van der Waals surface area contributed by atoms with Crippen molar-refractivity contribution >= 4 is 11.4 Å². The van der Waals surface area contributed by atoms with Gasteiger partial charge in [0, 0.05) is 13.1 Å². The van der Waals surface area contributed by atoms with Crippen molar-refractivity contribution in [3.63, 3.8) is 0 Å². The number of aliphatic hydroxyl groups is 1. The first kappa shape index (κ1) is 12.2. The molecule has 17 heavy (non-hydrogen) atoms. The molecule has 94 valence electrons. The van der Waals surface area contributed by atoms with E-state index in [1.54, 1.807) is 13.0 Å². The number of nitrogens with zero attached hydrogens (tertiary/aromatic N) is 1. The number of anilines is 2. The highest BCUT2D eigenvalue weighted by Crippen LogP contribution is 2.31. The predicted octanol–water partition coefficient (Wildman–Crippen LogP) is 2.07. The van der Waals surface area contributed by atoms with Crippen LogP contribution in [0.3, 0.4) is 0 Å². The zero-order chi connectivity index (χ0) is 12.6. The van der Waals surface area contributed by atoms with Crippen LogP contribution in [0.15, 0.2) is 12.1 Å². The lowest BCUT2D eigenvalue weighted by Crippen LogP contribution is -2.46. The van der Waals surface area contributed by atoms with Gasteiger partial charge >= 0.3 is 0 Å². The second kappa shape index (κ2) is 4.18. The Bertz CT molecular complexity index is 432. The molecule has 3 N–H and O–H groups in total. The van der Waals surface area contributed by atoms with Gasteiger partial charge in [0.1, 0.15) is 5.82 Å². The molecule has 1 aromatic carbocycles. The highest BCUT2D eigenvalue weighted by molar-refractivity contribution is 5.69. The van der Waals surface area contributed by atoms with Crippen LogP contribution in [0.1, 0.15) is 25.3 Å². The molecular weight excluding hydrogens is 219 g/mol. The van der Waals surface area contributed by atoms with Crippen molar-refractivity contribution in [1.29, 1.82) is 0 Å². The fraction of sp³-hybridized carbons (Fsp3) is 0.538. The van der Waals surface area contributed by atoms with E-state index in [1.807, 2.05) is 11.8 Å². The van der Waals surface area contributed by atoms with Crippen LogP contribution in [0.2, 0.25) is 0 Å². The van der Waals surface area contributed by atoms with Crippen LogP contribution in [0.4, 0.5) is 15.8 Å². The molecule has 3 nitrogen and oxygen atoms in total. The van der Waals surface area contributed by atoms with Crippen LogP contribution >= 0.6 is 0 Å². The molecule has 0 bridgehead atoms. The normalized spacial score (nSPS) is 25.1. The number of nitrogen functional groups attached to an aromatic ring is 1. The van der Waals surface area contributed by atoms with E-state index in [0.717, 1.165) is 25.1 Å². The summed E-state index contributed by atoms with van der Waals surface area (Å²) in [6, 6.07) is 3.11. The third-order valence-electron chi connectivity index (χ3n) is 3.32. The lowest BCUT2D eigenvalue weighted by atomic mass is 9.94. The average molecular weight is 238 g/mol. The predicted molar refractivity (Wildman–Crippen MR) is 67.6 cm³/mol. The SMILES string of the molecule is Cc1cc(N2CCCC(C)(O)C2)c(N)cc1F. The Labute approximate surface area is 101 Å². The third kappa shape index (κ3) is 2.52. The number of hydrogen-bond acceptors (Lipinski definition) is 3. The van der Waals surface area contributed by atoms with Crippen LogP contribution in [-0.2, 0) is 0 Å². The summed E-state index contributed by atoms with van der Waals surface area (Å²) in [6.07, 6.45) is 1.71. The number of benzene rings is 1. The second-order valence-corrected chi connectivity index (χ2v) is 5.18. The van der Waals surface area contributed by atoms with Crippen LogP contribution < -0.4 is 10.6 Å². The average Bonchev–Trinajstić information content (AvgIpc) is 2.22. The molecule has 1 heterocycles. The Kier molecular flexibility index (Phi) is 3.00. The van der Waals surface area contributed by atoms with E-state index in [-0.39, 0.29) is 5.82 Å². The Hall–Kier alpha value is -1.29. The summed E-state index contributed by atoms with van der Waals surface area (Å²) in [5, 5.41) is 10.1. The Morgan fingerprint density at radius 3 is 2.82 bits per heavy atom. The fourth-order valence-electron chi connectivity index (χ4n) is 2.38. The molecule has 1 saturated heterocycles. The summed E-state index contributed by atoms with van der Waals surface area (Å²) in [6.45, 7) is 4.94. The third-order valence-corrected chi connectivity index (χ3v) is 3.32. The van der Waals surface area contributed by atoms with Gasteiger partial charge in [-0.05, 0) is 44.4 Å². The van der Waals surface area contributed by atoms with E-state index < -0.39 is 5.60 Å². The van der Waals surface area contributed by atoms with Crippen LogP contribution in [0.5, 0.6) is 0 Å². The molecule has 4 heteroatoms. The zero-order valence-electron chi connectivity index (χ0n) is 10.3. The van der Waals surface area contributed by atoms with Crippen LogP contribution in [-0.4, -0.2) is 23.8 Å². The largest absolute Gasteiger partial charge is 0.397 e. The fourth-order valence-corrected chi connectivity index (χ4v) is 2.38. The number of β-amino-alcohol motifs (C(OH)–C–C–N with tert-alkyl or cyclic N) is 1. The van der Waals surface area contributed by atoms with Gasteiger partial charge in [0.2, 0.25) is 0 Å². The lowest BCUT2D eigenvalue weighted by molar-refractivity contribution is 0.0450. The van der Waals surface area contributed by atoms with Crippen molar-refractivity contribution in [1.82, 2.24) is 0 Å². The molecule has 1 aliphatic heterocycles. The van der Waals surface area contributed by atoms with E-state index >= 15 is 0 Å². The summed E-state index contributed by atoms with van der Waals surface area (Å²) in [5.74, 6) is -0.282. The maximum atomic E-state index is 13.3. The van der Waals surface area contributed by atoms with Crippen molar-refractivity contribution in [3.8, 4) is 0 Å². The summed E-state index contributed by atoms with van der Waals surface area (Å²) in [4.78, 5) is 2.03. The number of nitrogens with two attached hydrogens (primary N) is 1. The van der Waals surface area contributed by atoms with Crippen molar-refractivity contribution in [3.05, 3.63) is 23.5 Å². The highest BCUT2D eigenvalue weighted by atomic mass is 19.1. The smallest absolute Gasteiger partial charge is 0.128 e. The number of hydrogen-bond donors (Lipinski definition) is 2. The van der Waals surface area contributed by atoms with Crippen LogP contribution in [0, 0.1) is 12.7 Å². The molecule has 1 unspecified atom stereocenters. The second-order valence-electron chi connectivity index (χ2n) is 5.18. The molecule has 2 rings (SSSR count). The molecule has 0 saturated carbocycles. The molecule has 1 aliphatic rings. The summed E-state index contributed by atoms with van der Waals surface area (Å²) in [5.41, 5.74) is 7.00. The monoisotopic (exact) mass is 238 g/mol. The molecular formula is C13H19FN2O. The summed E-state index contributed by atoms with van der Waals surface area (Å²) >= 11 is 0. The Morgan fingerprint density at radius 1 is 1.47 bits per heavy atom. The van der Waals surface area contributed by atoms with Crippen molar-refractivity contribution in [2.75, 3.05) is 23.7 Å². The Morgan fingerprint density at radius 2 is 2.18 bits per heavy atom. The first-order valence-electron chi connectivity index (χ1n) is 5.92. The number of aryl methyl sites for hydroxylation is 1. The van der Waals surface area contributed by atoms with Gasteiger partial charge in [-0.3, -0.25) is 0 Å². The molecule has 0 amide bonds. The van der Waals surface area contributed by atoms with Crippen LogP contribution in [0.25, 0.3) is 0 Å². The standard InChI is InChI=1S/C13H19FN2O/c1-9-6-12(11(15)7-10(9)14)16-5-3-4-13(2,17)8-16/h6-7,17H,3-5,8,15H2,1-2H3. The van der Waals surface area contributed by atoms with Gasteiger partial charge in [-0.1, -0.05) is 0 Å². The molecule has 1 atom stereocenters. The minimum atomic E-state index is -0.688. The van der Waals surface area contributed by atoms with Gasteiger partial charge in [0.05, 0.1) is 17.0 Å². The Balaban J connectivity index is 2.31. The summed E-state index contributed by atoms with van der Waals surface area (Å²) < 4.78 is 13.3. The number of halogens is 1. The van der Waals surface area contributed by atoms with Crippen molar-refractivity contribution in [2.24, 2.45) is 0 Å². The summed E-state index contributed by atoms with van der Waals surface area (Å²) in [7, 11) is 0. The van der Waals surface area contributed by atoms with Gasteiger partial charge in [-0.25, -0.2) is 4.39 Å². The number of rotatable bonds is 1. The van der Waals surface area contributed by atoms with Gasteiger partial charge < -0.3 is 15.7 Å². The van der Waals surface area contributed by atoms with E-state index in [1.165, 1.54) is 6.07 Å². The van der Waals surface area contributed by atoms with E-state index in [0.29, 0.717) is 17.8 Å². The quantitative estimate of drug-likeness (QED) is 0.736. The molecule has 0 radical (unpaired) electrons. The lowest BCUT2D eigenvalue weighted by Gasteiger charge is -2.38. The van der Waals surface area contributed by atoms with Gasteiger partial charge in [-0.2, -0.15) is 0 Å². The topological polar surface area (TPSA) is 49.5 Å². The first-order chi connectivity index (χ1) is 7.89. The van der Waals surface area contributed by atoms with E-state index in [9.17, 15) is 9.50 Å². The minimum Gasteiger partial charge on any atom is -0.397 e. The molecule has 0 aromatic heterocycles. The molecule has 1 fully saturated rings. The minimum absolute atomic E-state index is 0.282. The van der Waals surface area contributed by atoms with E-state index in [4.69, 9.17) is 5.73 Å². The zero-order valence-corrected chi connectivity index (χ0v) is 10.3. The molecule has 1 aromatic rings. The number of piperidine rings is 1. The van der Waals surface area contributed by atoms with Gasteiger partial charge in [0.15, 0.2) is 0 Å². The van der Waals surface area contributed by atoms with Gasteiger partial charge in [0.25, 0.3) is 0 Å². The van der Waals surface area contributed by atoms with Crippen molar-refractivity contribution < 1.29 is 9.50 Å². The first-order valence-corrected chi connectivity index (χ1v) is 5.92. The van der Waals surface area contributed by atoms with Gasteiger partial charge in [-0.15, -0.1) is 0 Å². The highest BCUT2D eigenvalue weighted by Gasteiger charge is 2.29. The molecule has 0 aliphatic carbocycles. The van der Waals surface area contributed by atoms with Crippen molar-refractivity contribution in [2.45, 2.75) is 32.3 Å². The molecule has 0 spiro atoms. The van der Waals surface area contributed by atoms with E-state index in [2.05, 4.69) is 0 Å². The maximum Gasteiger partial charge on any atom is 0.128 e.